The van der Waals surface area contributed by atoms with Gasteiger partial charge in [0, 0.05) is 12.1 Å². The molecular weight excluding hydrogens is 152 g/mol. The molecule has 0 fully saturated rings. The van der Waals surface area contributed by atoms with Crippen molar-refractivity contribution in [3.63, 3.8) is 0 Å². The Bertz CT molecular complexity index is 260. The van der Waals surface area contributed by atoms with Crippen LogP contribution in [-0.4, -0.2) is 11.1 Å². The van der Waals surface area contributed by atoms with E-state index in [9.17, 15) is 0 Å². The van der Waals surface area contributed by atoms with Gasteiger partial charge >= 0.3 is 0 Å². The van der Waals surface area contributed by atoms with Crippen LogP contribution in [0.2, 0.25) is 0 Å². The normalized spacial score (nSPS) is 15.6. The molecule has 0 amide bonds. The van der Waals surface area contributed by atoms with Crippen molar-refractivity contribution in [2.24, 2.45) is 11.5 Å². The Morgan fingerprint density at radius 3 is 2.50 bits per heavy atom. The van der Waals surface area contributed by atoms with Crippen LogP contribution in [0.3, 0.4) is 0 Å². The van der Waals surface area contributed by atoms with Crippen LogP contribution in [0, 0.1) is 0 Å². The Balaban J connectivity index is 2.88. The smallest absolute Gasteiger partial charge is 0.115 e. The van der Waals surface area contributed by atoms with Gasteiger partial charge in [0.25, 0.3) is 0 Å². The van der Waals surface area contributed by atoms with Gasteiger partial charge in [0.2, 0.25) is 0 Å². The predicted molar refractivity (Wildman–Crippen MR) is 48.7 cm³/mol. The van der Waals surface area contributed by atoms with Crippen LogP contribution in [0.15, 0.2) is 24.3 Å². The van der Waals surface area contributed by atoms with Gasteiger partial charge in [-0.2, -0.15) is 0 Å². The zero-order valence-electron chi connectivity index (χ0n) is 7.07. The van der Waals surface area contributed by atoms with Gasteiger partial charge in [-0.15, -0.1) is 0 Å². The molecule has 0 aliphatic heterocycles. The Hall–Kier alpha value is -1.06. The molecule has 0 aromatic heterocycles. The maximum Gasteiger partial charge on any atom is 0.115 e. The highest BCUT2D eigenvalue weighted by Crippen LogP contribution is 2.17. The number of benzene rings is 1. The second-order valence-corrected chi connectivity index (χ2v) is 2.98. The van der Waals surface area contributed by atoms with Crippen LogP contribution in [-0.2, 0) is 0 Å². The lowest BCUT2D eigenvalue weighted by atomic mass is 10.0. The third-order valence-corrected chi connectivity index (χ3v) is 1.82. The summed E-state index contributed by atoms with van der Waals surface area (Å²) in [6.07, 6.45) is 0. The number of nitrogens with two attached hydrogens (primary N) is 2. The molecule has 66 valence electrons. The summed E-state index contributed by atoms with van der Waals surface area (Å²) in [4.78, 5) is 0. The number of phenolic OH excluding ortho intramolecular Hbond substituents is 1. The van der Waals surface area contributed by atoms with Gasteiger partial charge in [-0.25, -0.2) is 0 Å². The molecule has 1 aromatic carbocycles. The first kappa shape index (κ1) is 9.03. The largest absolute Gasteiger partial charge is 0.508 e. The summed E-state index contributed by atoms with van der Waals surface area (Å²) in [5.41, 5.74) is 12.2. The summed E-state index contributed by atoms with van der Waals surface area (Å²) >= 11 is 0. The van der Waals surface area contributed by atoms with Crippen molar-refractivity contribution in [2.75, 3.05) is 0 Å². The third-order valence-electron chi connectivity index (χ3n) is 1.82. The molecule has 0 aliphatic carbocycles. The standard InChI is InChI=1S/C9H14N2O/c1-6(10)9(11)7-3-2-4-8(12)5-7/h2-6,9,12H,10-11H2,1H3/t6-,9+/m0/s1. The fraction of sp³-hybridized carbons (Fsp3) is 0.333. The van der Waals surface area contributed by atoms with Crippen molar-refractivity contribution in [1.82, 2.24) is 0 Å². The topological polar surface area (TPSA) is 72.3 Å². The summed E-state index contributed by atoms with van der Waals surface area (Å²) in [5, 5.41) is 9.15. The minimum atomic E-state index is -0.211. The van der Waals surface area contributed by atoms with Crippen molar-refractivity contribution >= 4 is 0 Å². The highest BCUT2D eigenvalue weighted by atomic mass is 16.3. The highest BCUT2D eigenvalue weighted by molar-refractivity contribution is 5.29. The lowest BCUT2D eigenvalue weighted by molar-refractivity contribution is 0.472. The van der Waals surface area contributed by atoms with Crippen molar-refractivity contribution in [3.8, 4) is 5.75 Å². The Labute approximate surface area is 72.0 Å². The maximum atomic E-state index is 9.15. The zero-order chi connectivity index (χ0) is 9.14. The first-order valence-electron chi connectivity index (χ1n) is 3.91. The minimum Gasteiger partial charge on any atom is -0.508 e. The molecule has 0 saturated heterocycles. The van der Waals surface area contributed by atoms with Crippen molar-refractivity contribution in [1.29, 1.82) is 0 Å². The monoisotopic (exact) mass is 166 g/mol. The number of rotatable bonds is 2. The van der Waals surface area contributed by atoms with E-state index >= 15 is 0 Å². The molecule has 5 N–H and O–H groups in total. The fourth-order valence-electron chi connectivity index (χ4n) is 1.04. The van der Waals surface area contributed by atoms with Crippen molar-refractivity contribution < 1.29 is 5.11 Å². The van der Waals surface area contributed by atoms with Gasteiger partial charge < -0.3 is 16.6 Å². The maximum absolute atomic E-state index is 9.15. The molecule has 0 bridgehead atoms. The number of phenols is 1. The Morgan fingerprint density at radius 2 is 2.00 bits per heavy atom. The molecule has 3 nitrogen and oxygen atoms in total. The molecule has 12 heavy (non-hydrogen) atoms. The van der Waals surface area contributed by atoms with Crippen LogP contribution in [0.5, 0.6) is 5.75 Å². The van der Waals surface area contributed by atoms with Crippen LogP contribution in [0.1, 0.15) is 18.5 Å². The molecule has 0 saturated carbocycles. The quantitative estimate of drug-likeness (QED) is 0.606. The van der Waals surface area contributed by atoms with Crippen LogP contribution in [0.4, 0.5) is 0 Å². The summed E-state index contributed by atoms with van der Waals surface area (Å²) < 4.78 is 0. The third kappa shape index (κ3) is 1.96. The van der Waals surface area contributed by atoms with E-state index in [0.717, 1.165) is 5.56 Å². The summed E-state index contributed by atoms with van der Waals surface area (Å²) in [5.74, 6) is 0.226. The molecule has 0 radical (unpaired) electrons. The lowest BCUT2D eigenvalue weighted by Gasteiger charge is -2.15. The van der Waals surface area contributed by atoms with Crippen molar-refractivity contribution in [3.05, 3.63) is 29.8 Å². The second kappa shape index (κ2) is 3.56. The molecule has 1 rings (SSSR count). The molecular formula is C9H14N2O. The van der Waals surface area contributed by atoms with Gasteiger partial charge in [0.15, 0.2) is 0 Å². The van der Waals surface area contributed by atoms with E-state index in [2.05, 4.69) is 0 Å². The molecule has 3 heteroatoms. The van der Waals surface area contributed by atoms with E-state index in [-0.39, 0.29) is 17.8 Å². The second-order valence-electron chi connectivity index (χ2n) is 2.98. The van der Waals surface area contributed by atoms with E-state index in [0.29, 0.717) is 0 Å². The van der Waals surface area contributed by atoms with Gasteiger partial charge in [0.05, 0.1) is 0 Å². The average molecular weight is 166 g/mol. The average Bonchev–Trinajstić information content (AvgIpc) is 2.03. The molecule has 0 spiro atoms. The number of hydrogen-bond donors (Lipinski definition) is 3. The first-order valence-corrected chi connectivity index (χ1v) is 3.91. The van der Waals surface area contributed by atoms with E-state index in [1.54, 1.807) is 18.2 Å². The summed E-state index contributed by atoms with van der Waals surface area (Å²) in [6.45, 7) is 1.84. The summed E-state index contributed by atoms with van der Waals surface area (Å²) in [7, 11) is 0. The predicted octanol–water partition coefficient (Wildman–Crippen LogP) is 0.739. The fourth-order valence-corrected chi connectivity index (χ4v) is 1.04. The van der Waals surface area contributed by atoms with Gasteiger partial charge in [-0.05, 0) is 24.6 Å². The van der Waals surface area contributed by atoms with Crippen LogP contribution in [0.25, 0.3) is 0 Å². The van der Waals surface area contributed by atoms with Crippen molar-refractivity contribution in [2.45, 2.75) is 19.0 Å². The van der Waals surface area contributed by atoms with E-state index in [1.165, 1.54) is 0 Å². The highest BCUT2D eigenvalue weighted by Gasteiger charge is 2.10. The lowest BCUT2D eigenvalue weighted by Crippen LogP contribution is -2.30. The number of hydrogen-bond acceptors (Lipinski definition) is 3. The summed E-state index contributed by atoms with van der Waals surface area (Å²) in [6, 6.07) is 6.54. The molecule has 0 unspecified atom stereocenters. The molecule has 2 atom stereocenters. The van der Waals surface area contributed by atoms with E-state index in [4.69, 9.17) is 16.6 Å². The minimum absolute atomic E-state index is 0.105. The molecule has 0 heterocycles. The Kier molecular flexibility index (Phi) is 2.68. The number of aromatic hydroxyl groups is 1. The van der Waals surface area contributed by atoms with Crippen LogP contribution >= 0.6 is 0 Å². The van der Waals surface area contributed by atoms with Gasteiger partial charge in [0.1, 0.15) is 5.75 Å². The van der Waals surface area contributed by atoms with Gasteiger partial charge in [-0.1, -0.05) is 12.1 Å². The molecule has 0 aliphatic rings. The zero-order valence-corrected chi connectivity index (χ0v) is 7.07. The Morgan fingerprint density at radius 1 is 1.33 bits per heavy atom. The first-order chi connectivity index (χ1) is 5.61. The van der Waals surface area contributed by atoms with E-state index < -0.39 is 0 Å². The van der Waals surface area contributed by atoms with E-state index in [1.807, 2.05) is 13.0 Å². The van der Waals surface area contributed by atoms with Gasteiger partial charge in [-0.3, -0.25) is 0 Å². The molecule has 1 aromatic rings. The van der Waals surface area contributed by atoms with Crippen LogP contribution < -0.4 is 11.5 Å². The SMILES string of the molecule is C[C@H](N)[C@@H](N)c1cccc(O)c1.